The van der Waals surface area contributed by atoms with Gasteiger partial charge in [0.05, 0.1) is 18.8 Å². The molecule has 274 valence electrons. The standard InChI is InChI=1S/C45H66N2O3/c1-29(2)34-17-22-45(46-25-26-47-32-9-8-10-33(47)28-50-27-32)24-23-43(6)36(39(34)45)15-16-38-42(5)20-18-35(30-11-13-31(14-12-30)40(48)49)41(3,4)37(42)19-21-44(38,43)7/h11-14,18,32-34,36-39,46H,1,8-10,15-17,19-28H2,2-7H3,(H,48,49)/t32?,33?,34?,36-,37+,38-,39-,42+,43-,44-,45+/m1/s1. The summed E-state index contributed by atoms with van der Waals surface area (Å²) in [6.45, 7) is 24.3. The van der Waals surface area contributed by atoms with Crippen LogP contribution in [0.1, 0.15) is 135 Å². The Kier molecular flexibility index (Phi) is 8.64. The molecule has 0 radical (unpaired) electrons. The molecule has 5 heteroatoms. The Morgan fingerprint density at radius 3 is 2.30 bits per heavy atom. The van der Waals surface area contributed by atoms with E-state index in [1.807, 2.05) is 12.1 Å². The summed E-state index contributed by atoms with van der Waals surface area (Å²) < 4.78 is 5.99. The van der Waals surface area contributed by atoms with Crippen molar-refractivity contribution in [1.82, 2.24) is 10.2 Å². The minimum Gasteiger partial charge on any atom is -0.478 e. The number of morpholine rings is 1. The van der Waals surface area contributed by atoms with Crippen LogP contribution in [0.4, 0.5) is 0 Å². The van der Waals surface area contributed by atoms with Crippen LogP contribution < -0.4 is 5.32 Å². The summed E-state index contributed by atoms with van der Waals surface area (Å²) >= 11 is 0. The molecule has 11 atom stereocenters. The van der Waals surface area contributed by atoms with E-state index in [-0.39, 0.29) is 16.4 Å². The number of nitrogens with one attached hydrogen (secondary N) is 1. The van der Waals surface area contributed by atoms with Crippen LogP contribution in [-0.4, -0.2) is 59.9 Å². The number of aromatic carboxylic acids is 1. The lowest BCUT2D eigenvalue weighted by atomic mass is 9.33. The number of rotatable bonds is 7. The number of carboxylic acids is 1. The van der Waals surface area contributed by atoms with Crippen molar-refractivity contribution in [2.24, 2.45) is 51.2 Å². The zero-order valence-corrected chi connectivity index (χ0v) is 32.2. The molecule has 4 saturated carbocycles. The number of piperidine rings is 1. The van der Waals surface area contributed by atoms with E-state index in [1.165, 1.54) is 93.9 Å². The fraction of sp³-hybridized carbons (Fsp3) is 0.756. The molecule has 5 aliphatic carbocycles. The minimum absolute atomic E-state index is 0.0396. The fourth-order valence-electron chi connectivity index (χ4n) is 15.1. The van der Waals surface area contributed by atoms with E-state index in [9.17, 15) is 9.90 Å². The van der Waals surface area contributed by atoms with Gasteiger partial charge in [-0.3, -0.25) is 4.90 Å². The zero-order chi connectivity index (χ0) is 35.3. The molecule has 0 spiro atoms. The van der Waals surface area contributed by atoms with Gasteiger partial charge in [-0.1, -0.05) is 71.4 Å². The van der Waals surface area contributed by atoms with Gasteiger partial charge in [-0.15, -0.1) is 0 Å². The number of carbonyl (C=O) groups is 1. The second-order valence-corrected chi connectivity index (χ2v) is 19.7. The van der Waals surface area contributed by atoms with Crippen molar-refractivity contribution in [3.05, 3.63) is 53.6 Å². The molecule has 50 heavy (non-hydrogen) atoms. The van der Waals surface area contributed by atoms with Crippen LogP contribution in [0.5, 0.6) is 0 Å². The van der Waals surface area contributed by atoms with Crippen molar-refractivity contribution < 1.29 is 14.6 Å². The van der Waals surface area contributed by atoms with Crippen molar-refractivity contribution in [3.8, 4) is 0 Å². The summed E-state index contributed by atoms with van der Waals surface area (Å²) in [7, 11) is 0. The van der Waals surface area contributed by atoms with E-state index in [1.54, 1.807) is 12.1 Å². The largest absolute Gasteiger partial charge is 0.478 e. The quantitative estimate of drug-likeness (QED) is 0.281. The van der Waals surface area contributed by atoms with Crippen LogP contribution in [0, 0.1) is 51.2 Å². The predicted molar refractivity (Wildman–Crippen MR) is 203 cm³/mol. The third kappa shape index (κ3) is 5.05. The van der Waals surface area contributed by atoms with Crippen molar-refractivity contribution >= 4 is 11.5 Å². The van der Waals surface area contributed by atoms with Crippen LogP contribution in [0.25, 0.3) is 5.57 Å². The SMILES string of the molecule is C=C(C)C1CC[C@]2(NCCN3C4CCCC3COC4)CC[C@]3(C)[C@H](CC[C@@H]4[C@@]5(C)CC=C(c6ccc(C(=O)O)cc6)C(C)(C)[C@@H]5CC[C@]43C)[C@@H]12. The van der Waals surface area contributed by atoms with Crippen LogP contribution in [0.2, 0.25) is 0 Å². The van der Waals surface area contributed by atoms with Crippen LogP contribution in [0.3, 0.4) is 0 Å². The average molecular weight is 683 g/mol. The third-order valence-corrected chi connectivity index (χ3v) is 17.6. The zero-order valence-electron chi connectivity index (χ0n) is 32.2. The summed E-state index contributed by atoms with van der Waals surface area (Å²) in [6.07, 6.45) is 18.3. The fourth-order valence-corrected chi connectivity index (χ4v) is 15.1. The first kappa shape index (κ1) is 35.1. The van der Waals surface area contributed by atoms with Gasteiger partial charge in [-0.05, 0) is 152 Å². The molecule has 1 aromatic rings. The van der Waals surface area contributed by atoms with Gasteiger partial charge in [0.25, 0.3) is 0 Å². The van der Waals surface area contributed by atoms with Gasteiger partial charge in [-0.25, -0.2) is 4.79 Å². The maximum Gasteiger partial charge on any atom is 0.335 e. The Balaban J connectivity index is 1.06. The molecule has 2 heterocycles. The summed E-state index contributed by atoms with van der Waals surface area (Å²) in [6, 6.07) is 8.92. The van der Waals surface area contributed by atoms with Gasteiger partial charge in [0.15, 0.2) is 0 Å². The lowest BCUT2D eigenvalue weighted by molar-refractivity contribution is -0.219. The highest BCUT2D eigenvalue weighted by molar-refractivity contribution is 5.88. The summed E-state index contributed by atoms with van der Waals surface area (Å²) in [5, 5.41) is 13.9. The molecule has 7 aliphatic rings. The molecule has 2 bridgehead atoms. The first-order chi connectivity index (χ1) is 23.8. The molecule has 0 aromatic heterocycles. The Morgan fingerprint density at radius 1 is 0.900 bits per heavy atom. The normalized spacial score (nSPS) is 45.0. The summed E-state index contributed by atoms with van der Waals surface area (Å²) in [4.78, 5) is 14.4. The van der Waals surface area contributed by atoms with E-state index < -0.39 is 5.97 Å². The maximum atomic E-state index is 11.6. The molecule has 0 amide bonds. The Morgan fingerprint density at radius 2 is 1.62 bits per heavy atom. The molecule has 1 aromatic carbocycles. The van der Waals surface area contributed by atoms with Crippen molar-refractivity contribution in [2.45, 2.75) is 136 Å². The number of ether oxygens (including phenoxy) is 1. The van der Waals surface area contributed by atoms with Crippen LogP contribution in [-0.2, 0) is 4.74 Å². The molecular formula is C45H66N2O3. The van der Waals surface area contributed by atoms with E-state index in [0.717, 1.165) is 32.1 Å². The third-order valence-electron chi connectivity index (χ3n) is 17.6. The highest BCUT2D eigenvalue weighted by atomic mass is 16.5. The number of hydrogen-bond donors (Lipinski definition) is 2. The topological polar surface area (TPSA) is 61.8 Å². The maximum absolute atomic E-state index is 11.6. The van der Waals surface area contributed by atoms with Crippen LogP contribution in [0.15, 0.2) is 42.5 Å². The summed E-state index contributed by atoms with van der Waals surface area (Å²) in [5.41, 5.74) is 5.63. The van der Waals surface area contributed by atoms with E-state index in [0.29, 0.717) is 52.1 Å². The van der Waals surface area contributed by atoms with E-state index in [2.05, 4.69) is 64.4 Å². The highest BCUT2D eigenvalue weighted by Crippen LogP contribution is 2.76. The second-order valence-electron chi connectivity index (χ2n) is 19.7. The van der Waals surface area contributed by atoms with Crippen molar-refractivity contribution in [3.63, 3.8) is 0 Å². The smallest absolute Gasteiger partial charge is 0.335 e. The molecule has 6 fully saturated rings. The Bertz CT molecular complexity index is 1510. The number of hydrogen-bond acceptors (Lipinski definition) is 4. The minimum atomic E-state index is -0.852. The molecule has 5 nitrogen and oxygen atoms in total. The van der Waals surface area contributed by atoms with Gasteiger partial charge in [0, 0.05) is 30.7 Å². The lowest BCUT2D eigenvalue weighted by Crippen LogP contribution is -2.68. The average Bonchev–Trinajstić information content (AvgIpc) is 3.45. The number of nitrogens with zero attached hydrogens (tertiary/aromatic N) is 1. The Hall–Kier alpha value is -1.95. The van der Waals surface area contributed by atoms with Gasteiger partial charge in [0.2, 0.25) is 0 Å². The highest BCUT2D eigenvalue weighted by Gasteiger charge is 2.70. The lowest BCUT2D eigenvalue weighted by Gasteiger charge is -2.72. The molecule has 8 rings (SSSR count). The molecule has 2 N–H and O–H groups in total. The monoisotopic (exact) mass is 683 g/mol. The number of benzene rings is 1. The van der Waals surface area contributed by atoms with Crippen LogP contribution >= 0.6 is 0 Å². The van der Waals surface area contributed by atoms with Gasteiger partial charge in [-0.2, -0.15) is 0 Å². The van der Waals surface area contributed by atoms with Gasteiger partial charge in [0.1, 0.15) is 0 Å². The molecular weight excluding hydrogens is 617 g/mol. The Labute approximate surface area is 303 Å². The molecule has 3 unspecified atom stereocenters. The van der Waals surface area contributed by atoms with Crippen molar-refractivity contribution in [1.29, 1.82) is 0 Å². The second kappa shape index (κ2) is 12.3. The number of carboxylic acid groups (broad SMARTS) is 1. The van der Waals surface area contributed by atoms with Crippen molar-refractivity contribution in [2.75, 3.05) is 26.3 Å². The van der Waals surface area contributed by atoms with E-state index in [4.69, 9.17) is 4.74 Å². The molecule has 2 aliphatic heterocycles. The molecule has 2 saturated heterocycles. The van der Waals surface area contributed by atoms with Gasteiger partial charge >= 0.3 is 5.97 Å². The summed E-state index contributed by atoms with van der Waals surface area (Å²) in [5.74, 6) is 2.54. The van der Waals surface area contributed by atoms with Gasteiger partial charge < -0.3 is 15.2 Å². The van der Waals surface area contributed by atoms with E-state index >= 15 is 0 Å². The first-order valence-electron chi connectivity index (χ1n) is 20.5. The first-order valence-corrected chi connectivity index (χ1v) is 20.5. The predicted octanol–water partition coefficient (Wildman–Crippen LogP) is 9.63. The number of allylic oxidation sites excluding steroid dienone is 3. The number of fused-ring (bicyclic) bond motifs is 9.